The summed E-state index contributed by atoms with van der Waals surface area (Å²) in [6, 6.07) is 15.5. The predicted molar refractivity (Wildman–Crippen MR) is 111 cm³/mol. The van der Waals surface area contributed by atoms with Gasteiger partial charge in [-0.1, -0.05) is 23.7 Å². The number of ether oxygens (including phenoxy) is 1. The molecule has 6 heteroatoms. The Morgan fingerprint density at radius 3 is 2.48 bits per heavy atom. The number of benzene rings is 2. The van der Waals surface area contributed by atoms with E-state index in [0.717, 1.165) is 43.4 Å². The number of hydrogen-bond donors (Lipinski definition) is 1. The number of carbonyl (C=O) groups is 1. The highest BCUT2D eigenvalue weighted by Gasteiger charge is 2.18. The minimum Gasteiger partial charge on any atom is -0.492 e. The van der Waals surface area contributed by atoms with Crippen molar-refractivity contribution >= 4 is 28.9 Å². The second kappa shape index (κ2) is 9.62. The summed E-state index contributed by atoms with van der Waals surface area (Å²) in [4.78, 5) is 17.0. The normalized spacial score (nSPS) is 14.8. The third-order valence-electron chi connectivity index (χ3n) is 4.68. The van der Waals surface area contributed by atoms with Crippen molar-refractivity contribution in [3.05, 3.63) is 53.6 Å². The molecule has 1 aliphatic rings. The lowest BCUT2D eigenvalue weighted by Crippen LogP contribution is -2.47. The molecule has 1 aliphatic heterocycles. The van der Waals surface area contributed by atoms with Crippen LogP contribution in [0, 0.1) is 0 Å². The lowest BCUT2D eigenvalue weighted by molar-refractivity contribution is -0.116. The Bertz CT molecular complexity index is 743. The molecule has 0 atom stereocenters. The Balaban J connectivity index is 1.43. The largest absolute Gasteiger partial charge is 0.492 e. The van der Waals surface area contributed by atoms with Crippen LogP contribution in [-0.4, -0.2) is 50.1 Å². The van der Waals surface area contributed by atoms with E-state index in [1.807, 2.05) is 43.3 Å². The van der Waals surface area contributed by atoms with Crippen molar-refractivity contribution in [2.75, 3.05) is 49.5 Å². The van der Waals surface area contributed by atoms with Gasteiger partial charge in [0.2, 0.25) is 5.91 Å². The van der Waals surface area contributed by atoms with Gasteiger partial charge in [0.25, 0.3) is 0 Å². The quantitative estimate of drug-likeness (QED) is 0.782. The molecule has 0 bridgehead atoms. The maximum atomic E-state index is 12.3. The molecule has 0 aliphatic carbocycles. The van der Waals surface area contributed by atoms with Crippen LogP contribution in [-0.2, 0) is 4.79 Å². The summed E-state index contributed by atoms with van der Waals surface area (Å²) in [5.41, 5.74) is 1.93. The number of para-hydroxylation sites is 2. The molecule has 144 valence electrons. The molecular weight excluding hydrogens is 362 g/mol. The minimum absolute atomic E-state index is 0.0160. The molecule has 3 rings (SSSR count). The van der Waals surface area contributed by atoms with Crippen LogP contribution in [0.3, 0.4) is 0 Å². The van der Waals surface area contributed by atoms with Gasteiger partial charge in [-0.05, 0) is 43.3 Å². The Labute approximate surface area is 165 Å². The minimum atomic E-state index is 0.0160. The topological polar surface area (TPSA) is 44.8 Å². The second-order valence-corrected chi connectivity index (χ2v) is 6.97. The van der Waals surface area contributed by atoms with Crippen LogP contribution in [0.25, 0.3) is 0 Å². The van der Waals surface area contributed by atoms with Gasteiger partial charge < -0.3 is 15.0 Å². The average Bonchev–Trinajstić information content (AvgIpc) is 2.69. The van der Waals surface area contributed by atoms with E-state index in [0.29, 0.717) is 18.8 Å². The van der Waals surface area contributed by atoms with E-state index in [2.05, 4.69) is 27.2 Å². The monoisotopic (exact) mass is 387 g/mol. The number of hydrogen-bond acceptors (Lipinski definition) is 4. The first kappa shape index (κ1) is 19.5. The van der Waals surface area contributed by atoms with Crippen LogP contribution in [0.5, 0.6) is 5.75 Å². The van der Waals surface area contributed by atoms with Crippen molar-refractivity contribution in [3.63, 3.8) is 0 Å². The van der Waals surface area contributed by atoms with E-state index >= 15 is 0 Å². The molecule has 1 heterocycles. The van der Waals surface area contributed by atoms with Crippen molar-refractivity contribution in [2.45, 2.75) is 13.3 Å². The molecule has 27 heavy (non-hydrogen) atoms. The zero-order valence-corrected chi connectivity index (χ0v) is 16.4. The first-order valence-corrected chi connectivity index (χ1v) is 9.78. The molecule has 2 aromatic carbocycles. The first-order valence-electron chi connectivity index (χ1n) is 9.40. The molecule has 1 saturated heterocycles. The van der Waals surface area contributed by atoms with Crippen LogP contribution in [0.15, 0.2) is 48.5 Å². The van der Waals surface area contributed by atoms with Crippen LogP contribution in [0.1, 0.15) is 13.3 Å². The zero-order valence-electron chi connectivity index (χ0n) is 15.7. The summed E-state index contributed by atoms with van der Waals surface area (Å²) < 4.78 is 5.55. The second-order valence-electron chi connectivity index (χ2n) is 6.53. The molecule has 1 amide bonds. The fourth-order valence-electron chi connectivity index (χ4n) is 3.21. The number of piperazine rings is 1. The van der Waals surface area contributed by atoms with Gasteiger partial charge in [-0.3, -0.25) is 9.69 Å². The Morgan fingerprint density at radius 2 is 1.78 bits per heavy atom. The standard InChI is InChI=1S/C21H26ClN3O2/c1-2-27-20-6-4-3-5-19(20)23-21(26)11-12-24-13-15-25(16-14-24)18-9-7-17(22)8-10-18/h3-10H,2,11-16H2,1H3,(H,23,26). The van der Waals surface area contributed by atoms with Crippen LogP contribution >= 0.6 is 11.6 Å². The predicted octanol–water partition coefficient (Wildman–Crippen LogP) is 3.89. The van der Waals surface area contributed by atoms with Gasteiger partial charge in [0.1, 0.15) is 5.75 Å². The molecule has 0 unspecified atom stereocenters. The van der Waals surface area contributed by atoms with Gasteiger partial charge in [0.05, 0.1) is 12.3 Å². The number of nitrogens with one attached hydrogen (secondary N) is 1. The van der Waals surface area contributed by atoms with Gasteiger partial charge in [0.15, 0.2) is 0 Å². The molecule has 0 aromatic heterocycles. The lowest BCUT2D eigenvalue weighted by atomic mass is 10.2. The van der Waals surface area contributed by atoms with E-state index < -0.39 is 0 Å². The molecule has 0 saturated carbocycles. The lowest BCUT2D eigenvalue weighted by Gasteiger charge is -2.36. The van der Waals surface area contributed by atoms with Crippen molar-refractivity contribution < 1.29 is 9.53 Å². The SMILES string of the molecule is CCOc1ccccc1NC(=O)CCN1CCN(c2ccc(Cl)cc2)CC1. The first-order chi connectivity index (χ1) is 13.2. The zero-order chi connectivity index (χ0) is 19.1. The smallest absolute Gasteiger partial charge is 0.225 e. The van der Waals surface area contributed by atoms with E-state index in [4.69, 9.17) is 16.3 Å². The summed E-state index contributed by atoms with van der Waals surface area (Å²) >= 11 is 5.96. The highest BCUT2D eigenvalue weighted by Crippen LogP contribution is 2.24. The molecule has 1 N–H and O–H groups in total. The van der Waals surface area contributed by atoms with Crippen molar-refractivity contribution in [3.8, 4) is 5.75 Å². The van der Waals surface area contributed by atoms with E-state index in [1.54, 1.807) is 0 Å². The summed E-state index contributed by atoms with van der Waals surface area (Å²) in [5.74, 6) is 0.729. The van der Waals surface area contributed by atoms with Gasteiger partial charge in [0, 0.05) is 49.9 Å². The van der Waals surface area contributed by atoms with Crippen LogP contribution in [0.2, 0.25) is 5.02 Å². The summed E-state index contributed by atoms with van der Waals surface area (Å²) in [5, 5.41) is 3.72. The molecule has 0 spiro atoms. The highest BCUT2D eigenvalue weighted by molar-refractivity contribution is 6.30. The number of carbonyl (C=O) groups excluding carboxylic acids is 1. The molecule has 1 fully saturated rings. The number of nitrogens with zero attached hydrogens (tertiary/aromatic N) is 2. The number of amides is 1. The van der Waals surface area contributed by atoms with E-state index in [9.17, 15) is 4.79 Å². The maximum absolute atomic E-state index is 12.3. The van der Waals surface area contributed by atoms with Gasteiger partial charge in [-0.25, -0.2) is 0 Å². The Morgan fingerprint density at radius 1 is 1.07 bits per heavy atom. The average molecular weight is 388 g/mol. The highest BCUT2D eigenvalue weighted by atomic mass is 35.5. The number of halogens is 1. The molecular formula is C21H26ClN3O2. The van der Waals surface area contributed by atoms with Crippen molar-refractivity contribution in [2.24, 2.45) is 0 Å². The fourth-order valence-corrected chi connectivity index (χ4v) is 3.33. The maximum Gasteiger partial charge on any atom is 0.225 e. The van der Waals surface area contributed by atoms with Gasteiger partial charge in [-0.15, -0.1) is 0 Å². The number of anilines is 2. The summed E-state index contributed by atoms with van der Waals surface area (Å²) in [6.45, 7) is 7.08. The third-order valence-corrected chi connectivity index (χ3v) is 4.93. The van der Waals surface area contributed by atoms with Crippen LogP contribution in [0.4, 0.5) is 11.4 Å². The van der Waals surface area contributed by atoms with E-state index in [1.165, 1.54) is 5.69 Å². The number of rotatable bonds is 7. The molecule has 0 radical (unpaired) electrons. The van der Waals surface area contributed by atoms with E-state index in [-0.39, 0.29) is 5.91 Å². The van der Waals surface area contributed by atoms with Crippen molar-refractivity contribution in [1.82, 2.24) is 4.90 Å². The van der Waals surface area contributed by atoms with Gasteiger partial charge in [-0.2, -0.15) is 0 Å². The molecule has 5 nitrogen and oxygen atoms in total. The Hall–Kier alpha value is -2.24. The summed E-state index contributed by atoms with van der Waals surface area (Å²) in [7, 11) is 0. The van der Waals surface area contributed by atoms with Gasteiger partial charge >= 0.3 is 0 Å². The van der Waals surface area contributed by atoms with Crippen LogP contribution < -0.4 is 15.0 Å². The summed E-state index contributed by atoms with van der Waals surface area (Å²) in [6.07, 6.45) is 0.474. The third kappa shape index (κ3) is 5.62. The Kier molecular flexibility index (Phi) is 6.96. The molecule has 2 aromatic rings. The van der Waals surface area contributed by atoms with Crippen molar-refractivity contribution in [1.29, 1.82) is 0 Å². The fraction of sp³-hybridized carbons (Fsp3) is 0.381.